The molecule has 3 aromatic rings. The molecule has 2 N–H and O–H groups in total. The maximum absolute atomic E-state index is 12.9. The largest absolute Gasteiger partial charge is 0.450 e. The summed E-state index contributed by atoms with van der Waals surface area (Å²) < 4.78 is 18.4. The van der Waals surface area contributed by atoms with Crippen LogP contribution >= 0.6 is 0 Å². The van der Waals surface area contributed by atoms with Gasteiger partial charge in [-0.25, -0.2) is 9.82 Å². The number of hydrazone groups is 1. The van der Waals surface area contributed by atoms with Crippen molar-refractivity contribution < 1.29 is 28.6 Å². The molecule has 0 aliphatic carbocycles. The molecular weight excluding hydrogens is 465 g/mol. The van der Waals surface area contributed by atoms with Gasteiger partial charge >= 0.3 is 17.5 Å². The fraction of sp³-hybridized carbons (Fsp3) is 0.0455. The Morgan fingerprint density at radius 1 is 0.914 bits per heavy atom. The molecule has 0 heterocycles. The van der Waals surface area contributed by atoms with Gasteiger partial charge in [0, 0.05) is 11.8 Å². The van der Waals surface area contributed by atoms with E-state index in [1.165, 1.54) is 24.3 Å². The third kappa shape index (κ3) is 6.41. The molecule has 2 amide bonds. The summed E-state index contributed by atoms with van der Waals surface area (Å²) in [6.07, 6.45) is 0. The molecule has 0 spiro atoms. The highest BCUT2D eigenvalue weighted by Gasteiger charge is 2.21. The number of anilines is 1. The van der Waals surface area contributed by atoms with E-state index in [0.717, 1.165) is 30.3 Å². The minimum Gasteiger partial charge on any atom is -0.450 e. The van der Waals surface area contributed by atoms with E-state index in [0.29, 0.717) is 11.3 Å². The first-order valence-electron chi connectivity index (χ1n) is 9.76. The van der Waals surface area contributed by atoms with E-state index in [1.54, 1.807) is 19.1 Å². The molecule has 0 aliphatic rings. The number of amides is 2. The summed E-state index contributed by atoms with van der Waals surface area (Å²) in [5.41, 5.74) is 2.19. The van der Waals surface area contributed by atoms with E-state index >= 15 is 0 Å². The molecule has 13 heteroatoms. The van der Waals surface area contributed by atoms with Crippen LogP contribution in [0.1, 0.15) is 12.5 Å². The van der Waals surface area contributed by atoms with Crippen LogP contribution < -0.4 is 15.5 Å². The molecule has 3 aromatic carbocycles. The Hall–Kier alpha value is -5.20. The number of nitrogens with one attached hydrogen (secondary N) is 2. The molecule has 0 aromatic heterocycles. The number of carbonyl (C=O) groups is 2. The van der Waals surface area contributed by atoms with Crippen LogP contribution in [0.4, 0.5) is 21.5 Å². The van der Waals surface area contributed by atoms with Crippen molar-refractivity contribution in [2.24, 2.45) is 5.10 Å². The van der Waals surface area contributed by atoms with Crippen LogP contribution in [0.5, 0.6) is 11.5 Å². The van der Waals surface area contributed by atoms with Gasteiger partial charge in [0.15, 0.2) is 0 Å². The minimum atomic E-state index is -1.04. The topological polar surface area (TPSA) is 166 Å². The number of ether oxygens (including phenoxy) is 1. The van der Waals surface area contributed by atoms with Gasteiger partial charge in [-0.1, -0.05) is 0 Å². The number of carbonyl (C=O) groups excluding carboxylic acids is 2. The van der Waals surface area contributed by atoms with Gasteiger partial charge in [0.05, 0.1) is 21.6 Å². The number of hydrogen-bond acceptors (Lipinski definition) is 8. The Kier molecular flexibility index (Phi) is 7.41. The lowest BCUT2D eigenvalue weighted by atomic mass is 10.1. The van der Waals surface area contributed by atoms with Gasteiger partial charge in [-0.2, -0.15) is 5.10 Å². The van der Waals surface area contributed by atoms with Crippen molar-refractivity contribution in [2.45, 2.75) is 6.92 Å². The average molecular weight is 481 g/mol. The summed E-state index contributed by atoms with van der Waals surface area (Å²) in [6, 6.07) is 13.9. The van der Waals surface area contributed by atoms with Crippen LogP contribution in [0.3, 0.4) is 0 Å². The first-order chi connectivity index (χ1) is 16.6. The molecule has 0 radical (unpaired) electrons. The zero-order valence-electron chi connectivity index (χ0n) is 17.9. The summed E-state index contributed by atoms with van der Waals surface area (Å²) in [4.78, 5) is 44.4. The van der Waals surface area contributed by atoms with Crippen molar-refractivity contribution in [1.29, 1.82) is 0 Å². The number of non-ortho nitro benzene ring substituents is 1. The number of halogens is 1. The summed E-state index contributed by atoms with van der Waals surface area (Å²) in [6.45, 7) is 1.56. The molecule has 0 bridgehead atoms. The number of nitro groups is 2. The summed E-state index contributed by atoms with van der Waals surface area (Å²) >= 11 is 0. The molecule has 35 heavy (non-hydrogen) atoms. The van der Waals surface area contributed by atoms with Crippen molar-refractivity contribution in [3.63, 3.8) is 0 Å². The van der Waals surface area contributed by atoms with E-state index in [1.807, 2.05) is 0 Å². The SMILES string of the molecule is CC(=NNC(=O)C(=O)Nc1ccc(F)cc1)c1ccc(Oc2ccc([N+](=O)[O-])cc2[N+](=O)[O-])cc1. The van der Waals surface area contributed by atoms with Gasteiger partial charge in [0.2, 0.25) is 5.75 Å². The zero-order valence-corrected chi connectivity index (χ0v) is 17.9. The first-order valence-corrected chi connectivity index (χ1v) is 9.76. The third-order valence-corrected chi connectivity index (χ3v) is 4.48. The molecule has 0 saturated carbocycles. The van der Waals surface area contributed by atoms with Crippen LogP contribution in [0.15, 0.2) is 71.8 Å². The van der Waals surface area contributed by atoms with Crippen LogP contribution in [0, 0.1) is 26.0 Å². The number of hydrogen-bond donors (Lipinski definition) is 2. The molecular formula is C22H16FN5O7. The van der Waals surface area contributed by atoms with Gasteiger partial charge in [0.25, 0.3) is 5.69 Å². The second kappa shape index (κ2) is 10.6. The monoisotopic (exact) mass is 481 g/mol. The molecule has 0 atom stereocenters. The lowest BCUT2D eigenvalue weighted by Crippen LogP contribution is -2.32. The predicted molar refractivity (Wildman–Crippen MR) is 122 cm³/mol. The van der Waals surface area contributed by atoms with E-state index in [9.17, 15) is 34.2 Å². The number of nitro benzene ring substituents is 2. The molecule has 0 unspecified atom stereocenters. The Bertz CT molecular complexity index is 1330. The summed E-state index contributed by atoms with van der Waals surface area (Å²) in [5, 5.41) is 28.2. The minimum absolute atomic E-state index is 0.182. The highest BCUT2D eigenvalue weighted by molar-refractivity contribution is 6.39. The van der Waals surface area contributed by atoms with Gasteiger partial charge in [-0.3, -0.25) is 29.8 Å². The number of nitrogens with zero attached hydrogens (tertiary/aromatic N) is 3. The standard InChI is InChI=1S/C22H16FN5O7/c1-13(25-26-22(30)21(29)24-16-6-4-15(23)5-7-16)14-2-9-18(10-3-14)35-20-11-8-17(27(31)32)12-19(20)28(33)34/h2-12H,1H3,(H,24,29)(H,26,30). The maximum atomic E-state index is 12.9. The molecule has 0 aliphatic heterocycles. The Labute approximate surface area is 196 Å². The van der Waals surface area contributed by atoms with Crippen molar-refractivity contribution >= 4 is 34.6 Å². The Balaban J connectivity index is 1.64. The van der Waals surface area contributed by atoms with Crippen molar-refractivity contribution in [3.8, 4) is 11.5 Å². The lowest BCUT2D eigenvalue weighted by molar-refractivity contribution is -0.394. The highest BCUT2D eigenvalue weighted by Crippen LogP contribution is 2.34. The van der Waals surface area contributed by atoms with Crippen LogP contribution in [-0.2, 0) is 9.59 Å². The van der Waals surface area contributed by atoms with Crippen LogP contribution in [0.25, 0.3) is 0 Å². The Morgan fingerprint density at radius 2 is 1.57 bits per heavy atom. The molecule has 178 valence electrons. The molecule has 3 rings (SSSR count). The predicted octanol–water partition coefficient (Wildman–Crippen LogP) is 3.91. The third-order valence-electron chi connectivity index (χ3n) is 4.48. The fourth-order valence-electron chi connectivity index (χ4n) is 2.71. The van der Waals surface area contributed by atoms with E-state index in [-0.39, 0.29) is 17.2 Å². The number of rotatable bonds is 7. The Morgan fingerprint density at radius 3 is 2.17 bits per heavy atom. The van der Waals surface area contributed by atoms with E-state index < -0.39 is 38.9 Å². The van der Waals surface area contributed by atoms with Gasteiger partial charge in [-0.15, -0.1) is 0 Å². The van der Waals surface area contributed by atoms with Crippen LogP contribution in [0.2, 0.25) is 0 Å². The van der Waals surface area contributed by atoms with Crippen LogP contribution in [-0.4, -0.2) is 27.4 Å². The second-order valence-electron chi connectivity index (χ2n) is 6.89. The van der Waals surface area contributed by atoms with E-state index in [4.69, 9.17) is 4.74 Å². The normalized spacial score (nSPS) is 10.9. The lowest BCUT2D eigenvalue weighted by Gasteiger charge is -2.08. The second-order valence-corrected chi connectivity index (χ2v) is 6.89. The van der Waals surface area contributed by atoms with Gasteiger partial charge in [-0.05, 0) is 67.1 Å². The fourth-order valence-corrected chi connectivity index (χ4v) is 2.71. The maximum Gasteiger partial charge on any atom is 0.329 e. The smallest absolute Gasteiger partial charge is 0.329 e. The molecule has 12 nitrogen and oxygen atoms in total. The van der Waals surface area contributed by atoms with Crippen molar-refractivity contribution in [2.75, 3.05) is 5.32 Å². The molecule has 0 fully saturated rings. The number of benzene rings is 3. The highest BCUT2D eigenvalue weighted by atomic mass is 19.1. The summed E-state index contributed by atoms with van der Waals surface area (Å²) in [7, 11) is 0. The summed E-state index contributed by atoms with van der Waals surface area (Å²) in [5.74, 6) is -2.50. The first kappa shape index (κ1) is 24.4. The van der Waals surface area contributed by atoms with Gasteiger partial charge in [0.1, 0.15) is 11.6 Å². The molecule has 0 saturated heterocycles. The zero-order chi connectivity index (χ0) is 25.5. The van der Waals surface area contributed by atoms with Gasteiger partial charge < -0.3 is 10.1 Å². The van der Waals surface area contributed by atoms with Crippen molar-refractivity contribution in [1.82, 2.24) is 5.43 Å². The average Bonchev–Trinajstić information content (AvgIpc) is 2.84. The van der Waals surface area contributed by atoms with Crippen molar-refractivity contribution in [3.05, 3.63) is 98.3 Å². The van der Waals surface area contributed by atoms with E-state index in [2.05, 4.69) is 15.8 Å². The quantitative estimate of drug-likeness (QED) is 0.223.